The van der Waals surface area contributed by atoms with Gasteiger partial charge in [0.05, 0.1) is 11.9 Å². The molecule has 6 nitrogen and oxygen atoms in total. The third kappa shape index (κ3) is 3.22. The van der Waals surface area contributed by atoms with Crippen molar-refractivity contribution in [3.63, 3.8) is 0 Å². The summed E-state index contributed by atoms with van der Waals surface area (Å²) in [6.07, 6.45) is 3.75. The van der Waals surface area contributed by atoms with Crippen LogP contribution >= 0.6 is 0 Å². The fourth-order valence-corrected chi connectivity index (χ4v) is 3.07. The van der Waals surface area contributed by atoms with E-state index in [0.717, 1.165) is 6.20 Å². The zero-order valence-corrected chi connectivity index (χ0v) is 12.6. The lowest BCUT2D eigenvalue weighted by Gasteiger charge is -2.10. The molecule has 2 heterocycles. The van der Waals surface area contributed by atoms with Crippen LogP contribution < -0.4 is 10.5 Å². The normalized spacial score (nSPS) is 11.9. The van der Waals surface area contributed by atoms with Gasteiger partial charge in [0.1, 0.15) is 4.90 Å². The summed E-state index contributed by atoms with van der Waals surface area (Å²) in [7, 11) is -3.88. The van der Waals surface area contributed by atoms with Crippen LogP contribution in [-0.4, -0.2) is 18.0 Å². The number of sulfonamides is 1. The van der Waals surface area contributed by atoms with E-state index in [1.54, 1.807) is 4.57 Å². The number of hydrogen-bond donors (Lipinski definition) is 2. The maximum absolute atomic E-state index is 13.5. The Hall–Kier alpha value is -1.93. The van der Waals surface area contributed by atoms with Gasteiger partial charge < -0.3 is 10.3 Å². The molecular formula is C13H17FN4O2S. The number of nitrogens with two attached hydrogens (primary N) is 1. The molecule has 0 aliphatic heterocycles. The summed E-state index contributed by atoms with van der Waals surface area (Å²) in [6.45, 7) is 4.06. The average molecular weight is 312 g/mol. The lowest BCUT2D eigenvalue weighted by atomic mass is 10.3. The molecular weight excluding hydrogens is 295 g/mol. The van der Waals surface area contributed by atoms with Crippen LogP contribution in [0.1, 0.15) is 25.6 Å². The molecule has 2 rings (SSSR count). The third-order valence-electron chi connectivity index (χ3n) is 3.00. The molecule has 0 unspecified atom stereocenters. The number of halogens is 1. The van der Waals surface area contributed by atoms with E-state index in [9.17, 15) is 12.8 Å². The van der Waals surface area contributed by atoms with Crippen LogP contribution in [0.5, 0.6) is 0 Å². The second-order valence-corrected chi connectivity index (χ2v) is 6.52. The Morgan fingerprint density at radius 3 is 2.71 bits per heavy atom. The van der Waals surface area contributed by atoms with Crippen LogP contribution in [0.2, 0.25) is 0 Å². The fourth-order valence-electron chi connectivity index (χ4n) is 1.95. The lowest BCUT2D eigenvalue weighted by Crippen LogP contribution is -2.13. The Balaban J connectivity index is 2.38. The number of nitrogens with one attached hydrogen (secondary N) is 1. The van der Waals surface area contributed by atoms with E-state index in [4.69, 9.17) is 5.73 Å². The number of rotatable bonds is 5. The van der Waals surface area contributed by atoms with Crippen molar-refractivity contribution in [1.82, 2.24) is 9.55 Å². The first kappa shape index (κ1) is 15.5. The van der Waals surface area contributed by atoms with Gasteiger partial charge in [0.2, 0.25) is 0 Å². The van der Waals surface area contributed by atoms with Crippen molar-refractivity contribution >= 4 is 15.7 Å². The molecule has 0 amide bonds. The number of nitrogens with zero attached hydrogens (tertiary/aromatic N) is 2. The molecule has 0 saturated carbocycles. The summed E-state index contributed by atoms with van der Waals surface area (Å²) in [6, 6.07) is 2.82. The highest BCUT2D eigenvalue weighted by Crippen LogP contribution is 2.22. The van der Waals surface area contributed by atoms with Gasteiger partial charge in [-0.15, -0.1) is 0 Å². The molecule has 0 aliphatic carbocycles. The zero-order valence-electron chi connectivity index (χ0n) is 11.7. The summed E-state index contributed by atoms with van der Waals surface area (Å²) in [5.74, 6) is -0.733. The summed E-state index contributed by atoms with van der Waals surface area (Å²) in [4.78, 5) is 3.62. The van der Waals surface area contributed by atoms with Gasteiger partial charge in [0.25, 0.3) is 10.0 Å². The van der Waals surface area contributed by atoms with Crippen molar-refractivity contribution in [2.75, 3.05) is 4.72 Å². The van der Waals surface area contributed by atoms with Crippen molar-refractivity contribution in [3.8, 4) is 0 Å². The number of pyridine rings is 1. The molecule has 8 heteroatoms. The van der Waals surface area contributed by atoms with E-state index in [1.165, 1.54) is 24.5 Å². The van der Waals surface area contributed by atoms with Gasteiger partial charge >= 0.3 is 0 Å². The van der Waals surface area contributed by atoms with Crippen LogP contribution in [-0.2, 0) is 16.6 Å². The van der Waals surface area contributed by atoms with E-state index in [1.807, 2.05) is 13.8 Å². The first-order valence-electron chi connectivity index (χ1n) is 6.38. The van der Waals surface area contributed by atoms with Gasteiger partial charge in [0.15, 0.2) is 5.82 Å². The molecule has 21 heavy (non-hydrogen) atoms. The molecule has 0 aliphatic rings. The monoisotopic (exact) mass is 312 g/mol. The first-order valence-corrected chi connectivity index (χ1v) is 7.86. The molecule has 0 spiro atoms. The minimum atomic E-state index is -3.88. The Morgan fingerprint density at radius 1 is 1.48 bits per heavy atom. The largest absolute Gasteiger partial charge is 0.346 e. The van der Waals surface area contributed by atoms with E-state index < -0.39 is 15.8 Å². The molecule has 0 aromatic carbocycles. The summed E-state index contributed by atoms with van der Waals surface area (Å²) < 4.78 is 42.1. The lowest BCUT2D eigenvalue weighted by molar-refractivity contribution is 0.573. The van der Waals surface area contributed by atoms with Crippen molar-refractivity contribution in [2.24, 2.45) is 5.73 Å². The molecule has 114 valence electrons. The van der Waals surface area contributed by atoms with E-state index >= 15 is 0 Å². The highest BCUT2D eigenvalue weighted by molar-refractivity contribution is 7.92. The number of aromatic nitrogens is 2. The average Bonchev–Trinajstić information content (AvgIpc) is 2.86. The van der Waals surface area contributed by atoms with Crippen molar-refractivity contribution < 1.29 is 12.8 Å². The first-order chi connectivity index (χ1) is 9.85. The minimum absolute atomic E-state index is 0.0489. The highest BCUT2D eigenvalue weighted by atomic mass is 32.2. The summed E-state index contributed by atoms with van der Waals surface area (Å²) in [5.41, 5.74) is 6.17. The van der Waals surface area contributed by atoms with Gasteiger partial charge in [-0.1, -0.05) is 0 Å². The number of hydrogen-bond acceptors (Lipinski definition) is 4. The van der Waals surface area contributed by atoms with Crippen LogP contribution in [0.3, 0.4) is 0 Å². The molecule has 0 saturated heterocycles. The van der Waals surface area contributed by atoms with Gasteiger partial charge in [-0.05, 0) is 26.0 Å². The predicted molar refractivity (Wildman–Crippen MR) is 77.7 cm³/mol. The second-order valence-electron chi connectivity index (χ2n) is 4.83. The molecule has 0 radical (unpaired) electrons. The van der Waals surface area contributed by atoms with E-state index in [2.05, 4.69) is 9.71 Å². The molecule has 3 N–H and O–H groups in total. The highest BCUT2D eigenvalue weighted by Gasteiger charge is 2.20. The van der Waals surface area contributed by atoms with E-state index in [0.29, 0.717) is 5.69 Å². The Kier molecular flexibility index (Phi) is 4.29. The Labute approximate surface area is 122 Å². The number of anilines is 1. The Bertz CT molecular complexity index is 740. The van der Waals surface area contributed by atoms with Gasteiger partial charge in [-0.2, -0.15) is 0 Å². The zero-order chi connectivity index (χ0) is 15.6. The SMILES string of the molecule is CC(C)n1cc(S(=O)(=O)Nc2ccncc2F)cc1CN. The molecule has 0 bridgehead atoms. The van der Waals surface area contributed by atoms with Gasteiger partial charge in [-0.25, -0.2) is 12.8 Å². The predicted octanol–water partition coefficient (Wildman–Crippen LogP) is 1.86. The van der Waals surface area contributed by atoms with Crippen molar-refractivity contribution in [3.05, 3.63) is 42.2 Å². The fraction of sp³-hybridized carbons (Fsp3) is 0.308. The minimum Gasteiger partial charge on any atom is -0.346 e. The quantitative estimate of drug-likeness (QED) is 0.882. The van der Waals surface area contributed by atoms with Crippen LogP contribution in [0.15, 0.2) is 35.6 Å². The second kappa shape index (κ2) is 5.82. The van der Waals surface area contributed by atoms with Gasteiger partial charge in [0, 0.05) is 30.7 Å². The van der Waals surface area contributed by atoms with E-state index in [-0.39, 0.29) is 23.2 Å². The van der Waals surface area contributed by atoms with Crippen molar-refractivity contribution in [1.29, 1.82) is 0 Å². The maximum Gasteiger partial charge on any atom is 0.263 e. The standard InChI is InChI=1S/C13H17FN4O2S/c1-9(2)18-8-11(5-10(18)6-15)21(19,20)17-13-3-4-16-7-12(13)14/h3-5,7-9H,6,15H2,1-2H3,(H,16,17). The molecule has 2 aromatic heterocycles. The van der Waals surface area contributed by atoms with Gasteiger partial charge in [-0.3, -0.25) is 9.71 Å². The van der Waals surface area contributed by atoms with Crippen molar-refractivity contribution in [2.45, 2.75) is 31.3 Å². The third-order valence-corrected chi connectivity index (χ3v) is 4.33. The molecule has 0 atom stereocenters. The Morgan fingerprint density at radius 2 is 2.19 bits per heavy atom. The van der Waals surface area contributed by atoms with Crippen LogP contribution in [0.25, 0.3) is 0 Å². The van der Waals surface area contributed by atoms with Crippen LogP contribution in [0, 0.1) is 5.82 Å². The van der Waals surface area contributed by atoms with Crippen LogP contribution in [0.4, 0.5) is 10.1 Å². The molecule has 2 aromatic rings. The maximum atomic E-state index is 13.5. The summed E-state index contributed by atoms with van der Waals surface area (Å²) in [5, 5.41) is 0. The smallest absolute Gasteiger partial charge is 0.263 e. The molecule has 0 fully saturated rings. The summed E-state index contributed by atoms with van der Waals surface area (Å²) >= 11 is 0. The topological polar surface area (TPSA) is 90.0 Å².